The molecule has 0 saturated heterocycles. The highest BCUT2D eigenvalue weighted by Crippen LogP contribution is 2.14. The summed E-state index contributed by atoms with van der Waals surface area (Å²) in [6, 6.07) is 2.84. The van der Waals surface area contributed by atoms with Crippen molar-refractivity contribution in [3.05, 3.63) is 36.1 Å². The number of carbonyl (C=O) groups is 2. The summed E-state index contributed by atoms with van der Waals surface area (Å²) in [6.07, 6.45) is 3.09. The second kappa shape index (κ2) is 6.45. The molecule has 0 fully saturated rings. The van der Waals surface area contributed by atoms with Crippen molar-refractivity contribution in [1.82, 2.24) is 16.0 Å². The first-order chi connectivity index (χ1) is 9.97. The molecule has 1 aliphatic heterocycles. The zero-order valence-corrected chi connectivity index (χ0v) is 12.1. The quantitative estimate of drug-likeness (QED) is 0.625. The maximum absolute atomic E-state index is 12.0. The second-order valence-electron chi connectivity index (χ2n) is 5.37. The van der Waals surface area contributed by atoms with Crippen molar-refractivity contribution in [2.75, 3.05) is 0 Å². The third-order valence-corrected chi connectivity index (χ3v) is 3.06. The lowest BCUT2D eigenvalue weighted by atomic mass is 10.0. The lowest BCUT2D eigenvalue weighted by Gasteiger charge is -2.24. The molecular weight excluding hydrogens is 272 g/mol. The molecule has 0 aliphatic carbocycles. The molecule has 7 nitrogen and oxygen atoms in total. The van der Waals surface area contributed by atoms with Gasteiger partial charge in [-0.2, -0.15) is 0 Å². The Labute approximate surface area is 122 Å². The molecule has 0 bridgehead atoms. The number of carbonyl (C=O) groups excluding carboxylic acids is 2. The van der Waals surface area contributed by atoms with Crippen LogP contribution in [0.3, 0.4) is 0 Å². The minimum Gasteiger partial charge on any atom is -0.465 e. The Balaban J connectivity index is 1.95. The van der Waals surface area contributed by atoms with Gasteiger partial charge in [0.1, 0.15) is 11.5 Å². The largest absolute Gasteiger partial charge is 0.465 e. The van der Waals surface area contributed by atoms with Crippen LogP contribution in [0.2, 0.25) is 0 Å². The standard InChI is InChI=1S/C14H20N4O3/c1-8(2)6-9(15)13(19)17-10-7-16-12(18-14(10)20)11-4-3-5-21-11/h3-5,7-9,12,16H,6,15H2,1-2H3,(H,17,19)(H,18,20). The van der Waals surface area contributed by atoms with E-state index in [2.05, 4.69) is 16.0 Å². The molecule has 1 aliphatic rings. The highest BCUT2D eigenvalue weighted by atomic mass is 16.3. The van der Waals surface area contributed by atoms with Crippen LogP contribution in [0.25, 0.3) is 0 Å². The van der Waals surface area contributed by atoms with Crippen molar-refractivity contribution in [3.63, 3.8) is 0 Å². The lowest BCUT2D eigenvalue weighted by Crippen LogP contribution is -2.49. The molecule has 0 aromatic carbocycles. The van der Waals surface area contributed by atoms with Gasteiger partial charge in [-0.15, -0.1) is 0 Å². The average molecular weight is 292 g/mol. The van der Waals surface area contributed by atoms with Crippen LogP contribution in [0, 0.1) is 5.92 Å². The molecule has 0 radical (unpaired) electrons. The van der Waals surface area contributed by atoms with Crippen LogP contribution in [-0.2, 0) is 9.59 Å². The van der Waals surface area contributed by atoms with Gasteiger partial charge in [0, 0.05) is 6.20 Å². The SMILES string of the molecule is CC(C)CC(N)C(=O)NC1=CNC(c2ccco2)NC1=O. The molecule has 1 aromatic rings. The lowest BCUT2D eigenvalue weighted by molar-refractivity contribution is -0.125. The first kappa shape index (κ1) is 15.1. The molecular formula is C14H20N4O3. The van der Waals surface area contributed by atoms with Gasteiger partial charge in [-0.3, -0.25) is 9.59 Å². The third-order valence-electron chi connectivity index (χ3n) is 3.06. The van der Waals surface area contributed by atoms with Crippen molar-refractivity contribution in [2.45, 2.75) is 32.5 Å². The van der Waals surface area contributed by atoms with E-state index in [4.69, 9.17) is 10.2 Å². The van der Waals surface area contributed by atoms with Crippen molar-refractivity contribution in [3.8, 4) is 0 Å². The Morgan fingerprint density at radius 2 is 2.29 bits per heavy atom. The number of hydrogen-bond acceptors (Lipinski definition) is 5. The Morgan fingerprint density at radius 1 is 1.52 bits per heavy atom. The van der Waals surface area contributed by atoms with Gasteiger partial charge in [0.15, 0.2) is 6.17 Å². The summed E-state index contributed by atoms with van der Waals surface area (Å²) in [7, 11) is 0. The molecule has 2 unspecified atom stereocenters. The van der Waals surface area contributed by atoms with E-state index in [0.29, 0.717) is 18.1 Å². The summed E-state index contributed by atoms with van der Waals surface area (Å²) >= 11 is 0. The van der Waals surface area contributed by atoms with Gasteiger partial charge in [0.2, 0.25) is 5.91 Å². The minimum atomic E-state index is -0.638. The van der Waals surface area contributed by atoms with E-state index in [9.17, 15) is 9.59 Å². The Hall–Kier alpha value is -2.28. The molecule has 0 spiro atoms. The summed E-state index contributed by atoms with van der Waals surface area (Å²) in [5.74, 6) is 0.131. The van der Waals surface area contributed by atoms with Gasteiger partial charge < -0.3 is 26.1 Å². The number of rotatable bonds is 5. The van der Waals surface area contributed by atoms with Gasteiger partial charge in [0.05, 0.1) is 12.3 Å². The van der Waals surface area contributed by atoms with Crippen molar-refractivity contribution < 1.29 is 14.0 Å². The topological polar surface area (TPSA) is 109 Å². The van der Waals surface area contributed by atoms with Crippen LogP contribution in [0.4, 0.5) is 0 Å². The van der Waals surface area contributed by atoms with E-state index in [0.717, 1.165) is 0 Å². The van der Waals surface area contributed by atoms with Crippen LogP contribution >= 0.6 is 0 Å². The fraction of sp³-hybridized carbons (Fsp3) is 0.429. The molecule has 114 valence electrons. The summed E-state index contributed by atoms with van der Waals surface area (Å²) in [6.45, 7) is 3.96. The van der Waals surface area contributed by atoms with Crippen LogP contribution in [0.5, 0.6) is 0 Å². The predicted octanol–water partition coefficient (Wildman–Crippen LogP) is 0.329. The molecule has 2 heterocycles. The Kier molecular flexibility index (Phi) is 4.64. The average Bonchev–Trinajstić information content (AvgIpc) is 2.94. The first-order valence-electron chi connectivity index (χ1n) is 6.84. The monoisotopic (exact) mass is 292 g/mol. The number of furan rings is 1. The predicted molar refractivity (Wildman–Crippen MR) is 76.4 cm³/mol. The van der Waals surface area contributed by atoms with Crippen LogP contribution in [-0.4, -0.2) is 17.9 Å². The summed E-state index contributed by atoms with van der Waals surface area (Å²) < 4.78 is 5.21. The molecule has 2 atom stereocenters. The Morgan fingerprint density at radius 3 is 2.86 bits per heavy atom. The van der Waals surface area contributed by atoms with E-state index >= 15 is 0 Å². The minimum absolute atomic E-state index is 0.141. The van der Waals surface area contributed by atoms with Crippen molar-refractivity contribution >= 4 is 11.8 Å². The first-order valence-corrected chi connectivity index (χ1v) is 6.84. The summed E-state index contributed by atoms with van der Waals surface area (Å²) in [5.41, 5.74) is 5.92. The fourth-order valence-electron chi connectivity index (χ4n) is 2.02. The summed E-state index contributed by atoms with van der Waals surface area (Å²) in [4.78, 5) is 23.9. The fourth-order valence-corrected chi connectivity index (χ4v) is 2.02. The Bertz CT molecular complexity index is 536. The van der Waals surface area contributed by atoms with Gasteiger partial charge in [0.25, 0.3) is 5.91 Å². The van der Waals surface area contributed by atoms with Gasteiger partial charge >= 0.3 is 0 Å². The molecule has 5 N–H and O–H groups in total. The molecule has 2 rings (SSSR count). The maximum atomic E-state index is 12.0. The zero-order chi connectivity index (χ0) is 15.4. The van der Waals surface area contributed by atoms with E-state index in [1.54, 1.807) is 12.1 Å². The normalized spacial score (nSPS) is 19.5. The van der Waals surface area contributed by atoms with E-state index < -0.39 is 12.2 Å². The van der Waals surface area contributed by atoms with Gasteiger partial charge in [-0.1, -0.05) is 13.8 Å². The third kappa shape index (κ3) is 3.85. The second-order valence-corrected chi connectivity index (χ2v) is 5.37. The highest BCUT2D eigenvalue weighted by Gasteiger charge is 2.25. The van der Waals surface area contributed by atoms with Crippen LogP contribution in [0.1, 0.15) is 32.2 Å². The van der Waals surface area contributed by atoms with Crippen LogP contribution < -0.4 is 21.7 Å². The molecule has 21 heavy (non-hydrogen) atoms. The van der Waals surface area contributed by atoms with E-state index in [-0.39, 0.29) is 17.5 Å². The van der Waals surface area contributed by atoms with Gasteiger partial charge in [-0.05, 0) is 24.5 Å². The molecule has 2 amide bonds. The number of nitrogens with two attached hydrogens (primary N) is 1. The smallest absolute Gasteiger partial charge is 0.271 e. The summed E-state index contributed by atoms with van der Waals surface area (Å²) in [5, 5.41) is 8.16. The van der Waals surface area contributed by atoms with Gasteiger partial charge in [-0.25, -0.2) is 0 Å². The maximum Gasteiger partial charge on any atom is 0.271 e. The number of hydrogen-bond donors (Lipinski definition) is 4. The molecule has 1 aromatic heterocycles. The van der Waals surface area contributed by atoms with Crippen molar-refractivity contribution in [1.29, 1.82) is 0 Å². The highest BCUT2D eigenvalue weighted by molar-refractivity contribution is 5.99. The zero-order valence-electron chi connectivity index (χ0n) is 12.1. The van der Waals surface area contributed by atoms with E-state index in [1.165, 1.54) is 12.5 Å². The molecule has 7 heteroatoms. The van der Waals surface area contributed by atoms with E-state index in [1.807, 2.05) is 13.8 Å². The number of amides is 2. The van der Waals surface area contributed by atoms with Crippen LogP contribution in [0.15, 0.2) is 34.7 Å². The molecule has 0 saturated carbocycles. The van der Waals surface area contributed by atoms with Crippen molar-refractivity contribution in [2.24, 2.45) is 11.7 Å². The number of nitrogens with one attached hydrogen (secondary N) is 3.